The number of nitrogens with one attached hydrogen (secondary N) is 1. The van der Waals surface area contributed by atoms with Crippen LogP contribution in [0.2, 0.25) is 5.15 Å². The molecule has 0 fully saturated rings. The Morgan fingerprint density at radius 2 is 2.17 bits per heavy atom. The van der Waals surface area contributed by atoms with Gasteiger partial charge in [0.1, 0.15) is 17.8 Å². The molecule has 0 unspecified atom stereocenters. The molecule has 0 aliphatic carbocycles. The predicted octanol–water partition coefficient (Wildman–Crippen LogP) is 2.47. The van der Waals surface area contributed by atoms with Gasteiger partial charge in [-0.15, -0.1) is 0 Å². The zero-order chi connectivity index (χ0) is 13.1. The van der Waals surface area contributed by atoms with E-state index in [1.165, 1.54) is 18.5 Å². The van der Waals surface area contributed by atoms with Gasteiger partial charge >= 0.3 is 0 Å². The van der Waals surface area contributed by atoms with Crippen molar-refractivity contribution in [3.8, 4) is 6.07 Å². The molecule has 0 spiro atoms. The van der Waals surface area contributed by atoms with Crippen LogP contribution in [0.15, 0.2) is 24.5 Å². The molecule has 1 heterocycles. The third-order valence-corrected chi connectivity index (χ3v) is 2.49. The zero-order valence-electron chi connectivity index (χ0n) is 8.98. The topological polar surface area (TPSA) is 87.6 Å². The van der Waals surface area contributed by atoms with Gasteiger partial charge in [-0.05, 0) is 18.2 Å². The van der Waals surface area contributed by atoms with E-state index in [1.54, 1.807) is 0 Å². The number of aromatic nitrogens is 2. The SMILES string of the molecule is N#Cc1ccc(Nc2ncnc(Cl)c2N)c(F)c1. The molecule has 0 bridgehead atoms. The number of hydrogen-bond donors (Lipinski definition) is 2. The first-order chi connectivity index (χ1) is 8.61. The fourth-order valence-corrected chi connectivity index (χ4v) is 1.42. The highest BCUT2D eigenvalue weighted by atomic mass is 35.5. The summed E-state index contributed by atoms with van der Waals surface area (Å²) < 4.78 is 13.6. The first kappa shape index (κ1) is 12.1. The summed E-state index contributed by atoms with van der Waals surface area (Å²) in [6.07, 6.45) is 1.21. The number of nitrogens with zero attached hydrogens (tertiary/aromatic N) is 3. The van der Waals surface area contributed by atoms with E-state index in [4.69, 9.17) is 22.6 Å². The largest absolute Gasteiger partial charge is 0.393 e. The molecule has 2 aromatic rings. The van der Waals surface area contributed by atoms with Crippen molar-refractivity contribution in [2.45, 2.75) is 0 Å². The summed E-state index contributed by atoms with van der Waals surface area (Å²) in [5.41, 5.74) is 6.15. The van der Waals surface area contributed by atoms with Crippen LogP contribution in [0, 0.1) is 17.1 Å². The van der Waals surface area contributed by atoms with Crippen molar-refractivity contribution < 1.29 is 4.39 Å². The van der Waals surface area contributed by atoms with Crippen molar-refractivity contribution in [3.05, 3.63) is 41.1 Å². The molecule has 1 aromatic carbocycles. The number of benzene rings is 1. The van der Waals surface area contributed by atoms with Crippen molar-refractivity contribution in [1.82, 2.24) is 9.97 Å². The molecule has 2 rings (SSSR count). The maximum Gasteiger partial charge on any atom is 0.158 e. The molecule has 0 amide bonds. The molecule has 5 nitrogen and oxygen atoms in total. The van der Waals surface area contributed by atoms with Crippen LogP contribution in [0.25, 0.3) is 0 Å². The second-order valence-electron chi connectivity index (χ2n) is 3.36. The molecule has 0 atom stereocenters. The molecule has 0 aliphatic rings. The summed E-state index contributed by atoms with van der Waals surface area (Å²) in [4.78, 5) is 7.54. The Hall–Kier alpha value is -2.39. The molecule has 18 heavy (non-hydrogen) atoms. The van der Waals surface area contributed by atoms with Gasteiger partial charge in [0, 0.05) is 0 Å². The van der Waals surface area contributed by atoms with Gasteiger partial charge in [0.15, 0.2) is 11.0 Å². The quantitative estimate of drug-likeness (QED) is 0.813. The van der Waals surface area contributed by atoms with Crippen LogP contribution in [-0.2, 0) is 0 Å². The normalized spacial score (nSPS) is 9.83. The van der Waals surface area contributed by atoms with E-state index in [-0.39, 0.29) is 27.9 Å². The molecular weight excluding hydrogens is 257 g/mol. The van der Waals surface area contributed by atoms with Crippen molar-refractivity contribution in [1.29, 1.82) is 5.26 Å². The van der Waals surface area contributed by atoms with Gasteiger partial charge < -0.3 is 11.1 Å². The van der Waals surface area contributed by atoms with E-state index in [0.717, 1.165) is 6.07 Å². The number of rotatable bonds is 2. The molecule has 3 N–H and O–H groups in total. The highest BCUT2D eigenvalue weighted by Crippen LogP contribution is 2.26. The van der Waals surface area contributed by atoms with Crippen LogP contribution >= 0.6 is 11.6 Å². The second-order valence-corrected chi connectivity index (χ2v) is 3.72. The van der Waals surface area contributed by atoms with E-state index >= 15 is 0 Å². The molecule has 90 valence electrons. The highest BCUT2D eigenvalue weighted by Gasteiger charge is 2.09. The summed E-state index contributed by atoms with van der Waals surface area (Å²) in [6.45, 7) is 0. The van der Waals surface area contributed by atoms with E-state index < -0.39 is 5.82 Å². The maximum absolute atomic E-state index is 13.6. The Morgan fingerprint density at radius 3 is 2.83 bits per heavy atom. The van der Waals surface area contributed by atoms with Gasteiger partial charge in [-0.2, -0.15) is 5.26 Å². The Bertz CT molecular complexity index is 638. The number of nitrogens with two attached hydrogens (primary N) is 1. The van der Waals surface area contributed by atoms with E-state index in [9.17, 15) is 4.39 Å². The summed E-state index contributed by atoms with van der Waals surface area (Å²) in [7, 11) is 0. The number of hydrogen-bond acceptors (Lipinski definition) is 5. The molecular formula is C11H7ClFN5. The molecule has 0 saturated carbocycles. The average molecular weight is 264 g/mol. The lowest BCUT2D eigenvalue weighted by Gasteiger charge is -2.09. The smallest absolute Gasteiger partial charge is 0.158 e. The summed E-state index contributed by atoms with van der Waals surface area (Å²) >= 11 is 5.71. The van der Waals surface area contributed by atoms with Gasteiger partial charge in [0.25, 0.3) is 0 Å². The molecule has 0 aliphatic heterocycles. The third-order valence-electron chi connectivity index (χ3n) is 2.19. The zero-order valence-corrected chi connectivity index (χ0v) is 9.74. The van der Waals surface area contributed by atoms with E-state index in [0.29, 0.717) is 0 Å². The van der Waals surface area contributed by atoms with Gasteiger partial charge in [-0.1, -0.05) is 11.6 Å². The number of nitriles is 1. The Labute approximate surface area is 107 Å². The van der Waals surface area contributed by atoms with Crippen molar-refractivity contribution in [3.63, 3.8) is 0 Å². The summed E-state index contributed by atoms with van der Waals surface area (Å²) in [5, 5.41) is 11.4. The second kappa shape index (κ2) is 4.85. The number of anilines is 3. The Kier molecular flexibility index (Phi) is 3.26. The van der Waals surface area contributed by atoms with Crippen molar-refractivity contribution in [2.24, 2.45) is 0 Å². The number of nitrogen functional groups attached to an aromatic ring is 1. The maximum atomic E-state index is 13.6. The summed E-state index contributed by atoms with van der Waals surface area (Å²) in [6, 6.07) is 5.85. The molecule has 0 radical (unpaired) electrons. The molecule has 0 saturated heterocycles. The Balaban J connectivity index is 2.35. The predicted molar refractivity (Wildman–Crippen MR) is 65.9 cm³/mol. The minimum atomic E-state index is -0.580. The summed E-state index contributed by atoms with van der Waals surface area (Å²) in [5.74, 6) is -0.373. The minimum Gasteiger partial charge on any atom is -0.393 e. The van der Waals surface area contributed by atoms with Crippen LogP contribution < -0.4 is 11.1 Å². The van der Waals surface area contributed by atoms with E-state index in [1.807, 2.05) is 6.07 Å². The monoisotopic (exact) mass is 263 g/mol. The Morgan fingerprint density at radius 1 is 1.39 bits per heavy atom. The fourth-order valence-electron chi connectivity index (χ4n) is 1.29. The van der Waals surface area contributed by atoms with Crippen LogP contribution in [0.4, 0.5) is 21.6 Å². The van der Waals surface area contributed by atoms with Crippen LogP contribution in [0.5, 0.6) is 0 Å². The molecule has 1 aromatic heterocycles. The standard InChI is InChI=1S/C11H7ClFN5/c12-10-9(15)11(17-5-16-10)18-8-2-1-6(4-14)3-7(8)13/h1-3,5H,15H2,(H,16,17,18). The lowest BCUT2D eigenvalue weighted by molar-refractivity contribution is 0.631. The third kappa shape index (κ3) is 2.31. The highest BCUT2D eigenvalue weighted by molar-refractivity contribution is 6.32. The minimum absolute atomic E-state index is 0.0848. The lowest BCUT2D eigenvalue weighted by Crippen LogP contribution is -2.02. The van der Waals surface area contributed by atoms with Crippen LogP contribution in [0.1, 0.15) is 5.56 Å². The lowest BCUT2D eigenvalue weighted by atomic mass is 10.2. The van der Waals surface area contributed by atoms with Gasteiger partial charge in [0.2, 0.25) is 0 Å². The van der Waals surface area contributed by atoms with Crippen molar-refractivity contribution >= 4 is 28.8 Å². The van der Waals surface area contributed by atoms with E-state index in [2.05, 4.69) is 15.3 Å². The first-order valence-electron chi connectivity index (χ1n) is 4.84. The first-order valence-corrected chi connectivity index (χ1v) is 5.22. The fraction of sp³-hybridized carbons (Fsp3) is 0. The van der Waals surface area contributed by atoms with Crippen molar-refractivity contribution in [2.75, 3.05) is 11.1 Å². The van der Waals surface area contributed by atoms with Crippen LogP contribution in [0.3, 0.4) is 0 Å². The van der Waals surface area contributed by atoms with Gasteiger partial charge in [-0.25, -0.2) is 14.4 Å². The average Bonchev–Trinajstić information content (AvgIpc) is 2.37. The molecule has 7 heteroatoms. The van der Waals surface area contributed by atoms with Crippen LogP contribution in [-0.4, -0.2) is 9.97 Å². The van der Waals surface area contributed by atoms with Gasteiger partial charge in [0.05, 0.1) is 17.3 Å². The van der Waals surface area contributed by atoms with Gasteiger partial charge in [-0.3, -0.25) is 0 Å². The number of halogens is 2.